The normalized spacial score (nSPS) is 14.5. The van der Waals surface area contributed by atoms with Gasteiger partial charge in [-0.05, 0) is 35.9 Å². The largest absolute Gasteiger partial charge is 0.378 e. The zero-order chi connectivity index (χ0) is 16.1. The SMILES string of the molecule is N#Cc1ccc(SCc2cc(N3CCOCC3)nc(Cl)n2)cc1. The number of nitrogens with zero attached hydrogens (tertiary/aromatic N) is 4. The van der Waals surface area contributed by atoms with Gasteiger partial charge in [0.1, 0.15) is 5.82 Å². The molecule has 5 nitrogen and oxygen atoms in total. The number of ether oxygens (including phenoxy) is 1. The molecule has 0 radical (unpaired) electrons. The van der Waals surface area contributed by atoms with Crippen LogP contribution in [-0.4, -0.2) is 36.3 Å². The molecule has 1 aromatic heterocycles. The van der Waals surface area contributed by atoms with Gasteiger partial charge < -0.3 is 9.64 Å². The first-order valence-corrected chi connectivity index (χ1v) is 8.60. The smallest absolute Gasteiger partial charge is 0.224 e. The van der Waals surface area contributed by atoms with E-state index in [0.29, 0.717) is 24.5 Å². The molecule has 0 amide bonds. The number of anilines is 1. The summed E-state index contributed by atoms with van der Waals surface area (Å²) in [5, 5.41) is 9.09. The molecule has 118 valence electrons. The molecule has 0 unspecified atom stereocenters. The van der Waals surface area contributed by atoms with Gasteiger partial charge in [-0.1, -0.05) is 0 Å². The van der Waals surface area contributed by atoms with Crippen LogP contribution in [0.4, 0.5) is 5.82 Å². The third kappa shape index (κ3) is 4.35. The molecular weight excluding hydrogens is 332 g/mol. The topological polar surface area (TPSA) is 62.0 Å². The van der Waals surface area contributed by atoms with Gasteiger partial charge in [-0.15, -0.1) is 11.8 Å². The van der Waals surface area contributed by atoms with Gasteiger partial charge in [0, 0.05) is 29.8 Å². The predicted molar refractivity (Wildman–Crippen MR) is 90.8 cm³/mol. The van der Waals surface area contributed by atoms with Gasteiger partial charge in [-0.2, -0.15) is 5.26 Å². The van der Waals surface area contributed by atoms with E-state index in [1.807, 2.05) is 30.3 Å². The summed E-state index contributed by atoms with van der Waals surface area (Å²) in [6.07, 6.45) is 0. The zero-order valence-corrected chi connectivity index (χ0v) is 14.0. The van der Waals surface area contributed by atoms with Crippen LogP contribution in [0, 0.1) is 11.3 Å². The van der Waals surface area contributed by atoms with Crippen LogP contribution in [0.25, 0.3) is 0 Å². The van der Waals surface area contributed by atoms with E-state index in [-0.39, 0.29) is 5.28 Å². The molecule has 0 aliphatic carbocycles. The highest BCUT2D eigenvalue weighted by Crippen LogP contribution is 2.25. The van der Waals surface area contributed by atoms with Gasteiger partial charge >= 0.3 is 0 Å². The predicted octanol–water partition coefficient (Wildman–Crippen LogP) is 3.13. The minimum absolute atomic E-state index is 0.268. The van der Waals surface area contributed by atoms with Crippen molar-refractivity contribution >= 4 is 29.2 Å². The number of hydrogen-bond acceptors (Lipinski definition) is 6. The molecule has 1 saturated heterocycles. The number of aromatic nitrogens is 2. The highest BCUT2D eigenvalue weighted by Gasteiger charge is 2.14. The molecule has 2 heterocycles. The number of halogens is 1. The quantitative estimate of drug-likeness (QED) is 0.626. The summed E-state index contributed by atoms with van der Waals surface area (Å²) in [6, 6.07) is 11.6. The molecule has 0 atom stereocenters. The Morgan fingerprint density at radius 3 is 2.65 bits per heavy atom. The number of morpholine rings is 1. The molecule has 1 aromatic carbocycles. The third-order valence-corrected chi connectivity index (χ3v) is 4.66. The van der Waals surface area contributed by atoms with Crippen molar-refractivity contribution in [3.63, 3.8) is 0 Å². The monoisotopic (exact) mass is 346 g/mol. The van der Waals surface area contributed by atoms with Crippen LogP contribution in [0.15, 0.2) is 35.2 Å². The van der Waals surface area contributed by atoms with Crippen LogP contribution in [0.5, 0.6) is 0 Å². The molecule has 23 heavy (non-hydrogen) atoms. The van der Waals surface area contributed by atoms with Crippen molar-refractivity contribution in [3.8, 4) is 6.07 Å². The maximum absolute atomic E-state index is 8.82. The Morgan fingerprint density at radius 1 is 1.22 bits per heavy atom. The summed E-state index contributed by atoms with van der Waals surface area (Å²) < 4.78 is 5.36. The lowest BCUT2D eigenvalue weighted by Gasteiger charge is -2.28. The Labute approximate surface area is 144 Å². The number of benzene rings is 1. The van der Waals surface area contributed by atoms with Crippen molar-refractivity contribution in [1.29, 1.82) is 5.26 Å². The van der Waals surface area contributed by atoms with Crippen LogP contribution >= 0.6 is 23.4 Å². The van der Waals surface area contributed by atoms with Gasteiger partial charge in [-0.25, -0.2) is 9.97 Å². The summed E-state index contributed by atoms with van der Waals surface area (Å²) in [5.41, 5.74) is 1.55. The van der Waals surface area contributed by atoms with Crippen LogP contribution < -0.4 is 4.90 Å². The van der Waals surface area contributed by atoms with E-state index < -0.39 is 0 Å². The minimum atomic E-state index is 0.268. The van der Waals surface area contributed by atoms with Gasteiger partial charge in [0.2, 0.25) is 5.28 Å². The first-order chi connectivity index (χ1) is 11.2. The van der Waals surface area contributed by atoms with Crippen LogP contribution in [-0.2, 0) is 10.5 Å². The van der Waals surface area contributed by atoms with Gasteiger partial charge in [0.25, 0.3) is 0 Å². The Bertz CT molecular complexity index is 711. The summed E-state index contributed by atoms with van der Waals surface area (Å²) in [4.78, 5) is 11.9. The number of hydrogen-bond donors (Lipinski definition) is 0. The number of rotatable bonds is 4. The lowest BCUT2D eigenvalue weighted by atomic mass is 10.2. The van der Waals surface area contributed by atoms with E-state index >= 15 is 0 Å². The van der Waals surface area contributed by atoms with Gasteiger partial charge in [0.15, 0.2) is 0 Å². The maximum atomic E-state index is 8.82. The summed E-state index contributed by atoms with van der Waals surface area (Å²) in [7, 11) is 0. The fraction of sp³-hybridized carbons (Fsp3) is 0.312. The molecular formula is C16H15ClN4OS. The lowest BCUT2D eigenvalue weighted by molar-refractivity contribution is 0.122. The lowest BCUT2D eigenvalue weighted by Crippen LogP contribution is -2.36. The van der Waals surface area contributed by atoms with Crippen LogP contribution in [0.2, 0.25) is 5.28 Å². The van der Waals surface area contributed by atoms with Crippen LogP contribution in [0.1, 0.15) is 11.3 Å². The van der Waals surface area contributed by atoms with E-state index in [4.69, 9.17) is 21.6 Å². The highest BCUT2D eigenvalue weighted by atomic mass is 35.5. The van der Waals surface area contributed by atoms with Crippen molar-refractivity contribution in [2.24, 2.45) is 0 Å². The van der Waals surface area contributed by atoms with Gasteiger partial charge in [-0.3, -0.25) is 0 Å². The highest BCUT2D eigenvalue weighted by molar-refractivity contribution is 7.98. The minimum Gasteiger partial charge on any atom is -0.378 e. The molecule has 0 bridgehead atoms. The van der Waals surface area contributed by atoms with Crippen molar-refractivity contribution in [2.45, 2.75) is 10.6 Å². The molecule has 0 N–H and O–H groups in total. The van der Waals surface area contributed by atoms with E-state index in [1.54, 1.807) is 11.8 Å². The molecule has 1 aliphatic rings. The van der Waals surface area contributed by atoms with Crippen molar-refractivity contribution < 1.29 is 4.74 Å². The second-order valence-electron chi connectivity index (χ2n) is 5.01. The summed E-state index contributed by atoms with van der Waals surface area (Å²) in [6.45, 7) is 3.04. The average Bonchev–Trinajstić information content (AvgIpc) is 2.61. The average molecular weight is 347 g/mol. The van der Waals surface area contributed by atoms with Gasteiger partial charge in [0.05, 0.1) is 30.5 Å². The fourth-order valence-electron chi connectivity index (χ4n) is 2.26. The van der Waals surface area contributed by atoms with E-state index in [1.165, 1.54) is 0 Å². The zero-order valence-electron chi connectivity index (χ0n) is 12.4. The first-order valence-electron chi connectivity index (χ1n) is 7.24. The second-order valence-corrected chi connectivity index (χ2v) is 6.40. The summed E-state index contributed by atoms with van der Waals surface area (Å²) >= 11 is 7.72. The van der Waals surface area contributed by atoms with E-state index in [0.717, 1.165) is 29.5 Å². The first kappa shape index (κ1) is 16.1. The van der Waals surface area contributed by atoms with Crippen LogP contribution in [0.3, 0.4) is 0 Å². The Balaban J connectivity index is 1.69. The molecule has 2 aromatic rings. The standard InChI is InChI=1S/C16H15ClN4OS/c17-16-19-13(9-15(20-16)21-5-7-22-8-6-21)11-23-14-3-1-12(10-18)2-4-14/h1-4,9H,5-8,11H2. The third-order valence-electron chi connectivity index (χ3n) is 3.44. The molecule has 0 spiro atoms. The Hall–Kier alpha value is -1.81. The maximum Gasteiger partial charge on any atom is 0.224 e. The van der Waals surface area contributed by atoms with E-state index in [9.17, 15) is 0 Å². The number of thioether (sulfide) groups is 1. The molecule has 1 fully saturated rings. The fourth-order valence-corrected chi connectivity index (χ4v) is 3.25. The van der Waals surface area contributed by atoms with Crippen molar-refractivity contribution in [3.05, 3.63) is 46.9 Å². The number of nitriles is 1. The Morgan fingerprint density at radius 2 is 1.96 bits per heavy atom. The van der Waals surface area contributed by atoms with Crippen molar-refractivity contribution in [2.75, 3.05) is 31.2 Å². The Kier molecular flexibility index (Phi) is 5.34. The molecule has 1 aliphatic heterocycles. The second kappa shape index (κ2) is 7.64. The van der Waals surface area contributed by atoms with Crippen molar-refractivity contribution in [1.82, 2.24) is 9.97 Å². The molecule has 7 heteroatoms. The molecule has 0 saturated carbocycles. The molecule has 3 rings (SSSR count). The van der Waals surface area contributed by atoms with E-state index in [2.05, 4.69) is 20.9 Å². The summed E-state index contributed by atoms with van der Waals surface area (Å²) in [5.74, 6) is 1.55.